The Morgan fingerprint density at radius 1 is 1.38 bits per heavy atom. The van der Waals surface area contributed by atoms with Gasteiger partial charge in [0.2, 0.25) is 11.8 Å². The summed E-state index contributed by atoms with van der Waals surface area (Å²) in [4.78, 5) is 25.7. The molecule has 0 bridgehead atoms. The third-order valence-electron chi connectivity index (χ3n) is 3.63. The topological polar surface area (TPSA) is 75.4 Å². The fraction of sp³-hybridized carbons (Fsp3) is 0.467. The number of benzene rings is 1. The molecule has 0 saturated carbocycles. The first-order chi connectivity index (χ1) is 11.3. The lowest BCUT2D eigenvalue weighted by molar-refractivity contribution is -0.137. The van der Waals surface area contributed by atoms with Crippen LogP contribution < -0.4 is 11.1 Å². The number of thioether (sulfide) groups is 1. The number of carbonyl (C=O) groups excluding carboxylic acids is 2. The van der Waals surface area contributed by atoms with E-state index < -0.39 is 23.7 Å². The number of amides is 2. The molecule has 1 aromatic rings. The molecule has 0 spiro atoms. The number of alkyl halides is 3. The molecule has 9 heteroatoms. The van der Waals surface area contributed by atoms with E-state index in [1.807, 2.05) is 0 Å². The number of carbonyl (C=O) groups is 2. The molecule has 24 heavy (non-hydrogen) atoms. The number of nitrogens with one attached hydrogen (secondary N) is 1. The molecule has 1 fully saturated rings. The first kappa shape index (κ1) is 18.6. The van der Waals surface area contributed by atoms with Gasteiger partial charge >= 0.3 is 6.18 Å². The Labute approximate surface area is 141 Å². The normalized spacial score (nSPS) is 17.9. The van der Waals surface area contributed by atoms with Gasteiger partial charge in [-0.25, -0.2) is 0 Å². The van der Waals surface area contributed by atoms with Crippen molar-refractivity contribution in [2.24, 2.45) is 5.73 Å². The third-order valence-corrected chi connectivity index (χ3v) is 4.64. The van der Waals surface area contributed by atoms with Crippen LogP contribution in [-0.4, -0.2) is 34.4 Å². The number of nitrogens with zero attached hydrogens (tertiary/aromatic N) is 1. The molecule has 1 saturated heterocycles. The predicted molar refractivity (Wildman–Crippen MR) is 86.2 cm³/mol. The lowest BCUT2D eigenvalue weighted by atomic mass is 10.1. The molecule has 1 unspecified atom stereocenters. The van der Waals surface area contributed by atoms with Crippen LogP contribution in [0, 0.1) is 0 Å². The van der Waals surface area contributed by atoms with Gasteiger partial charge in [-0.2, -0.15) is 13.2 Å². The molecule has 1 aliphatic rings. The van der Waals surface area contributed by atoms with Crippen molar-refractivity contribution in [3.8, 4) is 0 Å². The van der Waals surface area contributed by atoms with Crippen molar-refractivity contribution in [1.29, 1.82) is 0 Å². The zero-order valence-corrected chi connectivity index (χ0v) is 13.8. The SMILES string of the molecule is CCC(=O)N1CSCC1C(=O)Nc1cc(CN)cc(C(F)(F)F)c1. The number of anilines is 1. The Bertz CT molecular complexity index is 637. The third kappa shape index (κ3) is 4.21. The van der Waals surface area contributed by atoms with E-state index in [0.717, 1.165) is 12.1 Å². The van der Waals surface area contributed by atoms with Crippen molar-refractivity contribution in [2.75, 3.05) is 16.9 Å². The molecule has 1 heterocycles. The second-order valence-corrected chi connectivity index (χ2v) is 6.34. The smallest absolute Gasteiger partial charge is 0.326 e. The largest absolute Gasteiger partial charge is 0.416 e. The Morgan fingerprint density at radius 3 is 2.67 bits per heavy atom. The van der Waals surface area contributed by atoms with Crippen molar-refractivity contribution in [1.82, 2.24) is 4.90 Å². The van der Waals surface area contributed by atoms with Crippen molar-refractivity contribution in [3.63, 3.8) is 0 Å². The fourth-order valence-electron chi connectivity index (χ4n) is 2.38. The van der Waals surface area contributed by atoms with Crippen LogP contribution in [0.2, 0.25) is 0 Å². The first-order valence-electron chi connectivity index (χ1n) is 7.35. The van der Waals surface area contributed by atoms with Crippen LogP contribution >= 0.6 is 11.8 Å². The van der Waals surface area contributed by atoms with Crippen molar-refractivity contribution >= 4 is 29.3 Å². The Hall–Kier alpha value is -1.74. The summed E-state index contributed by atoms with van der Waals surface area (Å²) >= 11 is 1.43. The van der Waals surface area contributed by atoms with Gasteiger partial charge < -0.3 is 16.0 Å². The van der Waals surface area contributed by atoms with E-state index in [2.05, 4.69) is 5.32 Å². The van der Waals surface area contributed by atoms with E-state index in [4.69, 9.17) is 5.73 Å². The molecule has 2 rings (SSSR count). The van der Waals surface area contributed by atoms with E-state index in [-0.39, 0.29) is 30.1 Å². The van der Waals surface area contributed by atoms with Crippen LogP contribution in [0.3, 0.4) is 0 Å². The van der Waals surface area contributed by atoms with Gasteiger partial charge in [0.1, 0.15) is 6.04 Å². The van der Waals surface area contributed by atoms with Crippen LogP contribution in [0.15, 0.2) is 18.2 Å². The summed E-state index contributed by atoms with van der Waals surface area (Å²) in [5.41, 5.74) is 4.85. The summed E-state index contributed by atoms with van der Waals surface area (Å²) in [7, 11) is 0. The van der Waals surface area contributed by atoms with Gasteiger partial charge in [0, 0.05) is 24.4 Å². The minimum absolute atomic E-state index is 0.0241. The van der Waals surface area contributed by atoms with Crippen LogP contribution in [0.4, 0.5) is 18.9 Å². The van der Waals surface area contributed by atoms with Gasteiger partial charge in [-0.05, 0) is 23.8 Å². The maximum atomic E-state index is 12.9. The van der Waals surface area contributed by atoms with Crippen molar-refractivity contribution in [2.45, 2.75) is 32.1 Å². The average molecular weight is 361 g/mol. The minimum Gasteiger partial charge on any atom is -0.326 e. The van der Waals surface area contributed by atoms with Gasteiger partial charge in [0.05, 0.1) is 11.4 Å². The van der Waals surface area contributed by atoms with Crippen LogP contribution in [0.1, 0.15) is 24.5 Å². The molecule has 1 aromatic carbocycles. The Morgan fingerprint density at radius 2 is 2.08 bits per heavy atom. The minimum atomic E-state index is -4.53. The van der Waals surface area contributed by atoms with Gasteiger partial charge in [-0.3, -0.25) is 9.59 Å². The molecule has 0 aliphatic carbocycles. The highest BCUT2D eigenvalue weighted by Gasteiger charge is 2.35. The lowest BCUT2D eigenvalue weighted by Crippen LogP contribution is -2.44. The Balaban J connectivity index is 2.21. The van der Waals surface area contributed by atoms with Crippen molar-refractivity contribution < 1.29 is 22.8 Å². The molecule has 3 N–H and O–H groups in total. The maximum absolute atomic E-state index is 12.9. The van der Waals surface area contributed by atoms with Gasteiger partial charge in [0.25, 0.3) is 0 Å². The average Bonchev–Trinajstić information content (AvgIpc) is 3.02. The standard InChI is InChI=1S/C15H18F3N3O2S/c1-2-13(22)21-8-24-7-12(21)14(23)20-11-4-9(6-19)3-10(5-11)15(16,17)18/h3-5,12H,2,6-8,19H2,1H3,(H,20,23). The number of rotatable bonds is 4. The molecular formula is C15H18F3N3O2S. The molecule has 2 amide bonds. The molecule has 1 atom stereocenters. The fourth-order valence-corrected chi connectivity index (χ4v) is 3.56. The molecule has 132 valence electrons. The highest BCUT2D eigenvalue weighted by Crippen LogP contribution is 2.32. The highest BCUT2D eigenvalue weighted by atomic mass is 32.2. The van der Waals surface area contributed by atoms with E-state index in [1.54, 1.807) is 6.92 Å². The first-order valence-corrected chi connectivity index (χ1v) is 8.51. The number of halogens is 3. The van der Waals surface area contributed by atoms with E-state index >= 15 is 0 Å². The quantitative estimate of drug-likeness (QED) is 0.864. The van der Waals surface area contributed by atoms with Crippen LogP contribution in [0.25, 0.3) is 0 Å². The highest BCUT2D eigenvalue weighted by molar-refractivity contribution is 7.99. The molecule has 5 nitrogen and oxygen atoms in total. The van der Waals surface area contributed by atoms with Crippen molar-refractivity contribution in [3.05, 3.63) is 29.3 Å². The zero-order chi connectivity index (χ0) is 17.9. The van der Waals surface area contributed by atoms with E-state index in [0.29, 0.717) is 11.6 Å². The van der Waals surface area contributed by atoms with Crippen LogP contribution in [0.5, 0.6) is 0 Å². The number of hydrogen-bond acceptors (Lipinski definition) is 4. The molecule has 0 radical (unpaired) electrons. The zero-order valence-electron chi connectivity index (χ0n) is 13.0. The summed E-state index contributed by atoms with van der Waals surface area (Å²) in [6.07, 6.45) is -4.26. The van der Waals surface area contributed by atoms with Gasteiger partial charge in [-0.15, -0.1) is 11.8 Å². The summed E-state index contributed by atoms with van der Waals surface area (Å²) in [6.45, 7) is 1.62. The summed E-state index contributed by atoms with van der Waals surface area (Å²) in [5.74, 6) is 0.165. The van der Waals surface area contributed by atoms with E-state index in [9.17, 15) is 22.8 Å². The molecular weight excluding hydrogens is 343 g/mol. The second kappa shape index (κ2) is 7.43. The summed E-state index contributed by atoms with van der Waals surface area (Å²) in [6, 6.07) is 2.54. The van der Waals surface area contributed by atoms with Crippen LogP contribution in [-0.2, 0) is 22.3 Å². The predicted octanol–water partition coefficient (Wildman–Crippen LogP) is 2.41. The second-order valence-electron chi connectivity index (χ2n) is 5.34. The monoisotopic (exact) mass is 361 g/mol. The number of hydrogen-bond donors (Lipinski definition) is 2. The molecule has 1 aliphatic heterocycles. The Kier molecular flexibility index (Phi) is 5.76. The van der Waals surface area contributed by atoms with Gasteiger partial charge in [-0.1, -0.05) is 6.92 Å². The number of nitrogens with two attached hydrogens (primary N) is 1. The lowest BCUT2D eigenvalue weighted by Gasteiger charge is -2.23. The molecule has 0 aromatic heterocycles. The maximum Gasteiger partial charge on any atom is 0.416 e. The summed E-state index contributed by atoms with van der Waals surface area (Å²) < 4.78 is 38.8. The van der Waals surface area contributed by atoms with Gasteiger partial charge in [0.15, 0.2) is 0 Å². The summed E-state index contributed by atoms with van der Waals surface area (Å²) in [5, 5.41) is 2.48. The van der Waals surface area contributed by atoms with E-state index in [1.165, 1.54) is 22.7 Å².